The number of nitrogens with zero attached hydrogens (tertiary/aromatic N) is 1. The fraction of sp³-hybridized carbons (Fsp3) is 0.167. The van der Waals surface area contributed by atoms with Crippen LogP contribution in [0.15, 0.2) is 53.7 Å². The van der Waals surface area contributed by atoms with Crippen LogP contribution in [-0.4, -0.2) is 30.3 Å². The predicted molar refractivity (Wildman–Crippen MR) is 88.4 cm³/mol. The van der Waals surface area contributed by atoms with E-state index < -0.39 is 36.2 Å². The van der Waals surface area contributed by atoms with E-state index in [4.69, 9.17) is 9.57 Å². The predicted octanol–water partition coefficient (Wildman–Crippen LogP) is 2.64. The van der Waals surface area contributed by atoms with Gasteiger partial charge in [-0.2, -0.15) is 0 Å². The molecule has 1 N–H and O–H groups in total. The minimum Gasteiger partial charge on any atom is -0.453 e. The molecule has 0 saturated heterocycles. The maximum Gasteiger partial charge on any atom is 0.351 e. The molecular formula is C18H14F2N2O4. The highest BCUT2D eigenvalue weighted by Gasteiger charge is 2.30. The summed E-state index contributed by atoms with van der Waals surface area (Å²) in [4.78, 5) is 28.7. The van der Waals surface area contributed by atoms with Gasteiger partial charge in [0.15, 0.2) is 6.61 Å². The number of ether oxygens (including phenoxy) is 1. The molecule has 1 aliphatic rings. The number of nitrogens with one attached hydrogen (secondary N) is 1. The Morgan fingerprint density at radius 2 is 1.88 bits per heavy atom. The van der Waals surface area contributed by atoms with Crippen LogP contribution in [0.2, 0.25) is 0 Å². The lowest BCUT2D eigenvalue weighted by Gasteiger charge is -2.09. The molecule has 0 bridgehead atoms. The fourth-order valence-corrected chi connectivity index (χ4v) is 2.34. The Hall–Kier alpha value is -3.29. The van der Waals surface area contributed by atoms with Crippen molar-refractivity contribution in [3.05, 3.63) is 65.7 Å². The van der Waals surface area contributed by atoms with Crippen molar-refractivity contribution in [3.63, 3.8) is 0 Å². The monoisotopic (exact) mass is 360 g/mol. The van der Waals surface area contributed by atoms with Gasteiger partial charge >= 0.3 is 5.97 Å². The van der Waals surface area contributed by atoms with Gasteiger partial charge in [-0.1, -0.05) is 23.4 Å². The summed E-state index contributed by atoms with van der Waals surface area (Å²) >= 11 is 0. The molecule has 0 saturated carbocycles. The molecular weight excluding hydrogens is 346 g/mol. The molecule has 1 amide bonds. The summed E-state index contributed by atoms with van der Waals surface area (Å²) in [5, 5.41) is 6.16. The van der Waals surface area contributed by atoms with Crippen molar-refractivity contribution in [2.75, 3.05) is 11.9 Å². The molecule has 26 heavy (non-hydrogen) atoms. The first-order valence-electron chi connectivity index (χ1n) is 7.72. The summed E-state index contributed by atoms with van der Waals surface area (Å²) in [6.07, 6.45) is -0.899. The van der Waals surface area contributed by atoms with Crippen LogP contribution in [0.4, 0.5) is 14.5 Å². The zero-order valence-electron chi connectivity index (χ0n) is 13.4. The third-order valence-electron chi connectivity index (χ3n) is 3.54. The van der Waals surface area contributed by atoms with E-state index in [-0.39, 0.29) is 12.1 Å². The molecule has 1 unspecified atom stereocenters. The van der Waals surface area contributed by atoms with Crippen molar-refractivity contribution < 1.29 is 27.9 Å². The van der Waals surface area contributed by atoms with Crippen LogP contribution in [0.25, 0.3) is 0 Å². The van der Waals surface area contributed by atoms with E-state index in [2.05, 4.69) is 10.5 Å². The summed E-state index contributed by atoms with van der Waals surface area (Å²) < 4.78 is 31.2. The third kappa shape index (κ3) is 4.41. The lowest BCUT2D eigenvalue weighted by molar-refractivity contribution is -0.157. The van der Waals surface area contributed by atoms with Crippen LogP contribution in [0, 0.1) is 11.6 Å². The van der Waals surface area contributed by atoms with E-state index in [0.717, 1.165) is 6.07 Å². The summed E-state index contributed by atoms with van der Waals surface area (Å²) in [6.45, 7) is -0.551. The highest BCUT2D eigenvalue weighted by Crippen LogP contribution is 2.18. The van der Waals surface area contributed by atoms with Gasteiger partial charge < -0.3 is 14.9 Å². The summed E-state index contributed by atoms with van der Waals surface area (Å²) in [6, 6.07) is 11.1. The second kappa shape index (κ2) is 7.73. The van der Waals surface area contributed by atoms with Crippen LogP contribution in [0.5, 0.6) is 0 Å². The SMILES string of the molecule is O=C(COC(=O)C1CC(c2cccc(F)c2)=NO1)Nc1cccc(F)c1. The van der Waals surface area contributed by atoms with Crippen molar-refractivity contribution in [2.45, 2.75) is 12.5 Å². The number of oxime groups is 1. The Morgan fingerprint density at radius 1 is 1.15 bits per heavy atom. The minimum atomic E-state index is -1.00. The number of hydrogen-bond donors (Lipinski definition) is 1. The highest BCUT2D eigenvalue weighted by molar-refractivity contribution is 6.03. The van der Waals surface area contributed by atoms with Crippen molar-refractivity contribution in [3.8, 4) is 0 Å². The summed E-state index contributed by atoms with van der Waals surface area (Å²) in [7, 11) is 0. The Bertz CT molecular complexity index is 870. The van der Waals surface area contributed by atoms with Gasteiger partial charge in [-0.3, -0.25) is 4.79 Å². The average Bonchev–Trinajstić information content (AvgIpc) is 3.10. The lowest BCUT2D eigenvalue weighted by Crippen LogP contribution is -2.28. The molecule has 0 fully saturated rings. The molecule has 1 atom stereocenters. The normalized spacial score (nSPS) is 15.8. The van der Waals surface area contributed by atoms with Crippen LogP contribution in [0.3, 0.4) is 0 Å². The van der Waals surface area contributed by atoms with Gasteiger partial charge in [0.25, 0.3) is 5.91 Å². The summed E-state index contributed by atoms with van der Waals surface area (Å²) in [5.41, 5.74) is 1.17. The number of hydrogen-bond acceptors (Lipinski definition) is 5. The van der Waals surface area contributed by atoms with Gasteiger partial charge in [0.2, 0.25) is 6.10 Å². The smallest absolute Gasteiger partial charge is 0.351 e. The minimum absolute atomic E-state index is 0.105. The first kappa shape index (κ1) is 17.5. The molecule has 0 aliphatic carbocycles. The average molecular weight is 360 g/mol. The molecule has 1 heterocycles. The van der Waals surface area contributed by atoms with E-state index in [1.54, 1.807) is 6.07 Å². The van der Waals surface area contributed by atoms with Crippen molar-refractivity contribution in [1.82, 2.24) is 0 Å². The maximum atomic E-state index is 13.2. The lowest BCUT2D eigenvalue weighted by atomic mass is 10.1. The van der Waals surface area contributed by atoms with Crippen LogP contribution < -0.4 is 5.32 Å². The molecule has 0 spiro atoms. The van der Waals surface area contributed by atoms with Crippen molar-refractivity contribution in [1.29, 1.82) is 0 Å². The topological polar surface area (TPSA) is 77.0 Å². The number of amides is 1. The van der Waals surface area contributed by atoms with E-state index in [1.807, 2.05) is 0 Å². The molecule has 8 heteroatoms. The number of benzene rings is 2. The van der Waals surface area contributed by atoms with Gasteiger partial charge in [0.1, 0.15) is 11.6 Å². The number of carbonyl (C=O) groups is 2. The molecule has 2 aromatic carbocycles. The molecule has 6 nitrogen and oxygen atoms in total. The quantitative estimate of drug-likeness (QED) is 0.832. The molecule has 3 rings (SSSR count). The van der Waals surface area contributed by atoms with Crippen molar-refractivity contribution >= 4 is 23.3 Å². The van der Waals surface area contributed by atoms with E-state index in [1.165, 1.54) is 36.4 Å². The molecule has 1 aliphatic heterocycles. The van der Waals surface area contributed by atoms with Crippen LogP contribution in [0.1, 0.15) is 12.0 Å². The van der Waals surface area contributed by atoms with E-state index in [9.17, 15) is 18.4 Å². The molecule has 134 valence electrons. The highest BCUT2D eigenvalue weighted by atomic mass is 19.1. The summed E-state index contributed by atoms with van der Waals surface area (Å²) in [5.74, 6) is -2.31. The first-order valence-corrected chi connectivity index (χ1v) is 7.72. The zero-order chi connectivity index (χ0) is 18.5. The number of anilines is 1. The zero-order valence-corrected chi connectivity index (χ0v) is 13.4. The Morgan fingerprint density at radius 3 is 2.62 bits per heavy atom. The Balaban J connectivity index is 1.48. The van der Waals surface area contributed by atoms with Crippen LogP contribution in [-0.2, 0) is 19.2 Å². The Labute approximate surface area is 147 Å². The standard InChI is InChI=1S/C18H14F2N2O4/c19-12-4-1-3-11(7-12)15-9-16(26-22-15)18(24)25-10-17(23)21-14-6-2-5-13(20)8-14/h1-8,16H,9-10H2,(H,21,23). The van der Waals surface area contributed by atoms with Gasteiger partial charge in [-0.15, -0.1) is 0 Å². The van der Waals surface area contributed by atoms with Crippen molar-refractivity contribution in [2.24, 2.45) is 5.16 Å². The largest absolute Gasteiger partial charge is 0.453 e. The second-order valence-electron chi connectivity index (χ2n) is 5.51. The van der Waals surface area contributed by atoms with Gasteiger partial charge in [0.05, 0.1) is 5.71 Å². The van der Waals surface area contributed by atoms with E-state index in [0.29, 0.717) is 11.3 Å². The number of esters is 1. The molecule has 2 aromatic rings. The maximum absolute atomic E-state index is 13.2. The Kier molecular flexibility index (Phi) is 5.21. The van der Waals surface area contributed by atoms with E-state index >= 15 is 0 Å². The molecule has 0 radical (unpaired) electrons. The number of carbonyl (C=O) groups excluding carboxylic acids is 2. The first-order chi connectivity index (χ1) is 12.5. The van der Waals surface area contributed by atoms with Crippen LogP contribution >= 0.6 is 0 Å². The van der Waals surface area contributed by atoms with Gasteiger partial charge in [0, 0.05) is 17.7 Å². The van der Waals surface area contributed by atoms with Gasteiger partial charge in [-0.05, 0) is 30.3 Å². The third-order valence-corrected chi connectivity index (χ3v) is 3.54. The fourth-order valence-electron chi connectivity index (χ4n) is 2.34. The second-order valence-corrected chi connectivity index (χ2v) is 5.51. The van der Waals surface area contributed by atoms with Gasteiger partial charge in [-0.25, -0.2) is 13.6 Å². The number of halogens is 2. The number of rotatable bonds is 5. The molecule has 0 aromatic heterocycles.